The van der Waals surface area contributed by atoms with Gasteiger partial charge in [-0.15, -0.1) is 11.3 Å². The van der Waals surface area contributed by atoms with E-state index in [1.54, 1.807) is 23.3 Å². The number of thiophene rings is 1. The Kier molecular flexibility index (Phi) is 6.61. The van der Waals surface area contributed by atoms with Crippen LogP contribution < -0.4 is 4.74 Å². The number of nitrogens with zero attached hydrogens (tertiary/aromatic N) is 1. The van der Waals surface area contributed by atoms with E-state index in [1.807, 2.05) is 0 Å². The molecule has 0 saturated carbocycles. The summed E-state index contributed by atoms with van der Waals surface area (Å²) in [6.07, 6.45) is 1.19. The van der Waals surface area contributed by atoms with Crippen LogP contribution in [0.5, 0.6) is 5.75 Å². The van der Waals surface area contributed by atoms with Gasteiger partial charge in [0, 0.05) is 24.7 Å². The van der Waals surface area contributed by atoms with Crippen LogP contribution in [0.1, 0.15) is 35.0 Å². The van der Waals surface area contributed by atoms with Crippen LogP contribution in [0.2, 0.25) is 0 Å². The van der Waals surface area contributed by atoms with Crippen LogP contribution in [0.25, 0.3) is 0 Å². The van der Waals surface area contributed by atoms with Gasteiger partial charge in [0.05, 0.1) is 17.4 Å². The lowest BCUT2D eigenvalue weighted by Gasteiger charge is -2.30. The van der Waals surface area contributed by atoms with Crippen molar-refractivity contribution in [1.29, 1.82) is 0 Å². The first-order valence-electron chi connectivity index (χ1n) is 9.09. The Morgan fingerprint density at radius 3 is 2.64 bits per heavy atom. The highest BCUT2D eigenvalue weighted by Crippen LogP contribution is 2.24. The highest BCUT2D eigenvalue weighted by Gasteiger charge is 2.29. The van der Waals surface area contributed by atoms with Crippen LogP contribution >= 0.6 is 11.3 Å². The number of piperidine rings is 1. The third-order valence-corrected chi connectivity index (χ3v) is 5.52. The molecule has 5 nitrogen and oxygen atoms in total. The van der Waals surface area contributed by atoms with Gasteiger partial charge >= 0.3 is 5.97 Å². The molecule has 0 N–H and O–H groups in total. The average molecular weight is 409 g/mol. The van der Waals surface area contributed by atoms with Crippen LogP contribution in [0.4, 0.5) is 8.78 Å². The summed E-state index contributed by atoms with van der Waals surface area (Å²) < 4.78 is 36.9. The van der Waals surface area contributed by atoms with E-state index in [1.165, 1.54) is 17.4 Å². The topological polar surface area (TPSA) is 55.8 Å². The first-order chi connectivity index (χ1) is 13.5. The molecule has 150 valence electrons. The van der Waals surface area contributed by atoms with E-state index in [2.05, 4.69) is 0 Å². The molecule has 0 spiro atoms. The Morgan fingerprint density at radius 2 is 1.96 bits per heavy atom. The Hall–Kier alpha value is -2.48. The van der Waals surface area contributed by atoms with Crippen molar-refractivity contribution >= 4 is 23.2 Å². The van der Waals surface area contributed by atoms with Crippen LogP contribution in [0.15, 0.2) is 29.6 Å². The van der Waals surface area contributed by atoms with E-state index < -0.39 is 11.6 Å². The fourth-order valence-electron chi connectivity index (χ4n) is 3.05. The maximum atomic E-state index is 13.6. The largest absolute Gasteiger partial charge is 0.486 e. The van der Waals surface area contributed by atoms with Gasteiger partial charge in [0.15, 0.2) is 11.6 Å². The van der Waals surface area contributed by atoms with Crippen LogP contribution in [-0.2, 0) is 16.1 Å². The molecule has 2 aromatic rings. The van der Waals surface area contributed by atoms with Crippen molar-refractivity contribution in [3.8, 4) is 5.75 Å². The maximum Gasteiger partial charge on any atom is 0.309 e. The Labute approximate surface area is 165 Å². The summed E-state index contributed by atoms with van der Waals surface area (Å²) in [5.41, 5.74) is 0.735. The lowest BCUT2D eigenvalue weighted by molar-refractivity contribution is -0.149. The summed E-state index contributed by atoms with van der Waals surface area (Å²) >= 11 is 1.29. The number of carbonyl (C=O) groups is 2. The maximum absolute atomic E-state index is 13.6. The highest BCUT2D eigenvalue weighted by molar-refractivity contribution is 7.12. The molecular weight excluding hydrogens is 388 g/mol. The standard InChI is InChI=1S/C20H21F2NO4S/c1-2-26-20(25)14-5-7-23(8-6-14)19(24)18-9-13(12-28-18)11-27-17-4-3-15(21)10-16(17)22/h3-4,9-10,12,14H,2,5-8,11H2,1H3. The first-order valence-corrected chi connectivity index (χ1v) is 9.97. The zero-order chi connectivity index (χ0) is 20.1. The van der Waals surface area contributed by atoms with E-state index in [9.17, 15) is 18.4 Å². The van der Waals surface area contributed by atoms with Crippen molar-refractivity contribution in [3.63, 3.8) is 0 Å². The average Bonchev–Trinajstić information content (AvgIpc) is 3.16. The molecule has 0 atom stereocenters. The zero-order valence-corrected chi connectivity index (χ0v) is 16.3. The number of hydrogen-bond acceptors (Lipinski definition) is 5. The normalized spacial score (nSPS) is 14.8. The SMILES string of the molecule is CCOC(=O)C1CCN(C(=O)c2cc(COc3ccc(F)cc3F)cs2)CC1. The Balaban J connectivity index is 1.53. The summed E-state index contributed by atoms with van der Waals surface area (Å²) in [5, 5.41) is 1.78. The van der Waals surface area contributed by atoms with Crippen LogP contribution in [-0.4, -0.2) is 36.5 Å². The number of esters is 1. The lowest BCUT2D eigenvalue weighted by atomic mass is 9.97. The summed E-state index contributed by atoms with van der Waals surface area (Å²) in [5.74, 6) is -1.91. The van der Waals surface area contributed by atoms with E-state index in [-0.39, 0.29) is 30.2 Å². The molecule has 1 aliphatic heterocycles. The van der Waals surface area contributed by atoms with E-state index in [0.29, 0.717) is 37.4 Å². The smallest absolute Gasteiger partial charge is 0.309 e. The number of amides is 1. The van der Waals surface area contributed by atoms with Crippen molar-refractivity contribution in [2.45, 2.75) is 26.4 Å². The quantitative estimate of drug-likeness (QED) is 0.677. The van der Waals surface area contributed by atoms with E-state index >= 15 is 0 Å². The minimum absolute atomic E-state index is 0.0403. The monoisotopic (exact) mass is 409 g/mol. The lowest BCUT2D eigenvalue weighted by Crippen LogP contribution is -2.40. The van der Waals surface area contributed by atoms with Crippen molar-refractivity contribution < 1.29 is 27.8 Å². The third kappa shape index (κ3) is 4.86. The van der Waals surface area contributed by atoms with Crippen molar-refractivity contribution in [3.05, 3.63) is 51.7 Å². The molecular formula is C20H21F2NO4S. The molecule has 1 aromatic heterocycles. The van der Waals surface area contributed by atoms with Gasteiger partial charge in [-0.3, -0.25) is 9.59 Å². The predicted octanol–water partition coefficient (Wildman–Crippen LogP) is 4.02. The molecule has 0 bridgehead atoms. The molecule has 3 rings (SSSR count). The minimum Gasteiger partial charge on any atom is -0.486 e. The van der Waals surface area contributed by atoms with E-state index in [0.717, 1.165) is 17.7 Å². The summed E-state index contributed by atoms with van der Waals surface area (Å²) in [6, 6.07) is 4.83. The van der Waals surface area contributed by atoms with Gasteiger partial charge in [0.2, 0.25) is 0 Å². The minimum atomic E-state index is -0.768. The number of benzene rings is 1. The molecule has 0 radical (unpaired) electrons. The molecule has 1 saturated heterocycles. The second-order valence-electron chi connectivity index (χ2n) is 6.50. The number of halogens is 2. The number of ether oxygens (including phenoxy) is 2. The molecule has 8 heteroatoms. The third-order valence-electron chi connectivity index (χ3n) is 4.55. The molecule has 28 heavy (non-hydrogen) atoms. The van der Waals surface area contributed by atoms with Gasteiger partial charge in [0.25, 0.3) is 5.91 Å². The van der Waals surface area contributed by atoms with Gasteiger partial charge in [-0.05, 0) is 43.3 Å². The number of likely N-dealkylation sites (tertiary alicyclic amines) is 1. The Morgan fingerprint density at radius 1 is 1.21 bits per heavy atom. The molecule has 1 fully saturated rings. The predicted molar refractivity (Wildman–Crippen MR) is 100 cm³/mol. The molecule has 0 aliphatic carbocycles. The molecule has 0 unspecified atom stereocenters. The van der Waals surface area contributed by atoms with Crippen LogP contribution in [0, 0.1) is 17.6 Å². The molecule has 1 amide bonds. The van der Waals surface area contributed by atoms with Crippen molar-refractivity contribution in [2.24, 2.45) is 5.92 Å². The van der Waals surface area contributed by atoms with Gasteiger partial charge in [-0.2, -0.15) is 0 Å². The van der Waals surface area contributed by atoms with Crippen LogP contribution in [0.3, 0.4) is 0 Å². The highest BCUT2D eigenvalue weighted by atomic mass is 32.1. The van der Waals surface area contributed by atoms with Gasteiger partial charge < -0.3 is 14.4 Å². The summed E-state index contributed by atoms with van der Waals surface area (Å²) in [7, 11) is 0. The molecule has 1 aliphatic rings. The fourth-order valence-corrected chi connectivity index (χ4v) is 3.91. The fraction of sp³-hybridized carbons (Fsp3) is 0.400. The first kappa shape index (κ1) is 20.3. The Bertz CT molecular complexity index is 846. The van der Waals surface area contributed by atoms with Crippen molar-refractivity contribution in [1.82, 2.24) is 4.90 Å². The summed E-state index contributed by atoms with van der Waals surface area (Å²) in [6.45, 7) is 3.23. The zero-order valence-electron chi connectivity index (χ0n) is 15.5. The van der Waals surface area contributed by atoms with Crippen molar-refractivity contribution in [2.75, 3.05) is 19.7 Å². The number of carbonyl (C=O) groups excluding carboxylic acids is 2. The van der Waals surface area contributed by atoms with Gasteiger partial charge in [-0.1, -0.05) is 0 Å². The second-order valence-corrected chi connectivity index (χ2v) is 7.41. The molecule has 2 heterocycles. The van der Waals surface area contributed by atoms with Gasteiger partial charge in [0.1, 0.15) is 12.4 Å². The number of hydrogen-bond donors (Lipinski definition) is 0. The molecule has 1 aromatic carbocycles. The summed E-state index contributed by atoms with van der Waals surface area (Å²) in [4.78, 5) is 26.7. The second kappa shape index (κ2) is 9.14. The number of rotatable bonds is 6. The van der Waals surface area contributed by atoms with E-state index in [4.69, 9.17) is 9.47 Å². The van der Waals surface area contributed by atoms with Gasteiger partial charge in [-0.25, -0.2) is 8.78 Å².